The molecular formula is C13H11ClF2N4. The predicted octanol–water partition coefficient (Wildman–Crippen LogP) is 2.82. The van der Waals surface area contributed by atoms with E-state index in [4.69, 9.17) is 11.6 Å². The normalized spacial score (nSPS) is 11.4. The van der Waals surface area contributed by atoms with Gasteiger partial charge < -0.3 is 0 Å². The van der Waals surface area contributed by atoms with E-state index < -0.39 is 11.6 Å². The summed E-state index contributed by atoms with van der Waals surface area (Å²) in [6.45, 7) is 0. The van der Waals surface area contributed by atoms with Crippen molar-refractivity contribution in [2.75, 3.05) is 5.88 Å². The van der Waals surface area contributed by atoms with Gasteiger partial charge in [-0.25, -0.2) is 13.8 Å². The largest absolute Gasteiger partial charge is 0.276 e. The van der Waals surface area contributed by atoms with Crippen LogP contribution in [0.5, 0.6) is 0 Å². The summed E-state index contributed by atoms with van der Waals surface area (Å²) in [5.41, 5.74) is 0.471. The zero-order valence-corrected chi connectivity index (χ0v) is 11.4. The Kier molecular flexibility index (Phi) is 3.17. The van der Waals surface area contributed by atoms with Crippen molar-refractivity contribution in [2.45, 2.75) is 6.42 Å². The summed E-state index contributed by atoms with van der Waals surface area (Å²) < 4.78 is 30.7. The highest BCUT2D eigenvalue weighted by molar-refractivity contribution is 6.17. The molecule has 0 aliphatic rings. The molecule has 0 unspecified atom stereocenters. The van der Waals surface area contributed by atoms with Gasteiger partial charge in [0.2, 0.25) is 0 Å². The van der Waals surface area contributed by atoms with Gasteiger partial charge in [-0.2, -0.15) is 5.10 Å². The molecule has 3 rings (SSSR count). The molecule has 0 amide bonds. The van der Waals surface area contributed by atoms with Crippen molar-refractivity contribution in [2.24, 2.45) is 7.05 Å². The maximum absolute atomic E-state index is 14.1. The minimum atomic E-state index is -0.929. The van der Waals surface area contributed by atoms with E-state index in [0.717, 1.165) is 6.07 Å². The summed E-state index contributed by atoms with van der Waals surface area (Å²) in [5, 5.41) is 4.22. The molecule has 1 aromatic carbocycles. The molecule has 7 heteroatoms. The first-order valence-electron chi connectivity index (χ1n) is 6.03. The van der Waals surface area contributed by atoms with E-state index in [-0.39, 0.29) is 5.52 Å². The van der Waals surface area contributed by atoms with Crippen LogP contribution in [-0.4, -0.2) is 25.2 Å². The van der Waals surface area contributed by atoms with Crippen LogP contribution in [0.3, 0.4) is 0 Å². The van der Waals surface area contributed by atoms with E-state index in [2.05, 4.69) is 10.1 Å². The fourth-order valence-electron chi connectivity index (χ4n) is 2.17. The van der Waals surface area contributed by atoms with Crippen LogP contribution in [0.1, 0.15) is 5.82 Å². The van der Waals surface area contributed by atoms with E-state index in [1.807, 2.05) is 0 Å². The molecule has 0 atom stereocenters. The van der Waals surface area contributed by atoms with Crippen molar-refractivity contribution in [3.63, 3.8) is 0 Å². The van der Waals surface area contributed by atoms with Crippen LogP contribution >= 0.6 is 11.6 Å². The third kappa shape index (κ3) is 1.96. The van der Waals surface area contributed by atoms with Crippen LogP contribution in [0.2, 0.25) is 0 Å². The number of aryl methyl sites for hydroxylation is 2. The molecule has 0 saturated heterocycles. The van der Waals surface area contributed by atoms with Crippen LogP contribution < -0.4 is 0 Å². The number of hydrogen-bond donors (Lipinski definition) is 0. The van der Waals surface area contributed by atoms with E-state index in [9.17, 15) is 8.78 Å². The summed E-state index contributed by atoms with van der Waals surface area (Å²) >= 11 is 5.75. The molecule has 0 bridgehead atoms. The fraction of sp³-hybridized carbons (Fsp3) is 0.231. The van der Waals surface area contributed by atoms with Crippen LogP contribution in [-0.2, 0) is 13.5 Å². The van der Waals surface area contributed by atoms with Crippen molar-refractivity contribution >= 4 is 22.6 Å². The van der Waals surface area contributed by atoms with Crippen molar-refractivity contribution in [1.29, 1.82) is 0 Å². The number of nitrogens with zero attached hydrogens (tertiary/aromatic N) is 4. The average molecular weight is 297 g/mol. The first-order chi connectivity index (χ1) is 9.61. The molecule has 0 saturated carbocycles. The Bertz CT molecular complexity index is 778. The first kappa shape index (κ1) is 13.1. The second-order valence-corrected chi connectivity index (χ2v) is 4.76. The molecule has 104 valence electrons. The van der Waals surface area contributed by atoms with Gasteiger partial charge in [0.25, 0.3) is 0 Å². The standard InChI is InChI=1S/C13H11ClF2N4/c1-19-7-5-11(18-19)20-10(4-6-14)17-9-3-2-8(15)12(16)13(9)20/h2-3,5,7H,4,6H2,1H3. The van der Waals surface area contributed by atoms with Crippen molar-refractivity contribution in [1.82, 2.24) is 19.3 Å². The zero-order chi connectivity index (χ0) is 14.3. The lowest BCUT2D eigenvalue weighted by atomic mass is 10.3. The molecule has 2 aromatic heterocycles. The lowest BCUT2D eigenvalue weighted by molar-refractivity contribution is 0.514. The lowest BCUT2D eigenvalue weighted by Crippen LogP contribution is -2.05. The monoisotopic (exact) mass is 296 g/mol. The molecule has 0 N–H and O–H groups in total. The Morgan fingerprint density at radius 3 is 2.70 bits per heavy atom. The van der Waals surface area contributed by atoms with Crippen LogP contribution in [0, 0.1) is 11.6 Å². The first-order valence-corrected chi connectivity index (χ1v) is 6.56. The maximum Gasteiger partial charge on any atom is 0.185 e. The predicted molar refractivity (Wildman–Crippen MR) is 72.2 cm³/mol. The highest BCUT2D eigenvalue weighted by Crippen LogP contribution is 2.25. The average Bonchev–Trinajstić information content (AvgIpc) is 2.98. The number of fused-ring (bicyclic) bond motifs is 1. The summed E-state index contributed by atoms with van der Waals surface area (Å²) in [7, 11) is 1.75. The summed E-state index contributed by atoms with van der Waals surface area (Å²) in [6.07, 6.45) is 2.16. The lowest BCUT2D eigenvalue weighted by Gasteiger charge is -2.05. The van der Waals surface area contributed by atoms with Gasteiger partial charge in [0.1, 0.15) is 11.3 Å². The van der Waals surface area contributed by atoms with Crippen LogP contribution in [0.4, 0.5) is 8.78 Å². The van der Waals surface area contributed by atoms with Crippen LogP contribution in [0.15, 0.2) is 24.4 Å². The number of halogens is 3. The number of imidazole rings is 1. The minimum absolute atomic E-state index is 0.0869. The number of alkyl halides is 1. The molecule has 3 aromatic rings. The summed E-state index contributed by atoms with van der Waals surface area (Å²) in [6, 6.07) is 4.23. The molecule has 0 radical (unpaired) electrons. The van der Waals surface area contributed by atoms with E-state index in [1.54, 1.807) is 24.0 Å². The van der Waals surface area contributed by atoms with Gasteiger partial charge in [-0.15, -0.1) is 11.6 Å². The molecule has 0 aliphatic heterocycles. The number of rotatable bonds is 3. The summed E-state index contributed by atoms with van der Waals surface area (Å²) in [5.74, 6) is -0.466. The molecule has 0 spiro atoms. The Morgan fingerprint density at radius 1 is 1.25 bits per heavy atom. The van der Waals surface area contributed by atoms with Gasteiger partial charge in [0, 0.05) is 31.6 Å². The SMILES string of the molecule is Cn1ccc(-n2c(CCCl)nc3ccc(F)c(F)c32)n1. The van der Waals surface area contributed by atoms with Gasteiger partial charge >= 0.3 is 0 Å². The highest BCUT2D eigenvalue weighted by Gasteiger charge is 2.19. The number of hydrogen-bond acceptors (Lipinski definition) is 2. The quantitative estimate of drug-likeness (QED) is 0.697. The third-order valence-corrected chi connectivity index (χ3v) is 3.21. The topological polar surface area (TPSA) is 35.6 Å². The zero-order valence-electron chi connectivity index (χ0n) is 10.6. The van der Waals surface area contributed by atoms with E-state index >= 15 is 0 Å². The number of aromatic nitrogens is 4. The third-order valence-electron chi connectivity index (χ3n) is 3.03. The summed E-state index contributed by atoms with van der Waals surface area (Å²) in [4.78, 5) is 4.31. The Morgan fingerprint density at radius 2 is 2.05 bits per heavy atom. The Hall–Kier alpha value is -1.95. The van der Waals surface area contributed by atoms with Gasteiger partial charge in [-0.1, -0.05) is 0 Å². The van der Waals surface area contributed by atoms with Crippen molar-refractivity contribution in [3.8, 4) is 5.82 Å². The smallest absolute Gasteiger partial charge is 0.185 e. The Balaban J connectivity index is 2.36. The fourth-order valence-corrected chi connectivity index (χ4v) is 2.34. The second kappa shape index (κ2) is 4.86. The molecule has 20 heavy (non-hydrogen) atoms. The van der Waals surface area contributed by atoms with Gasteiger partial charge in [0.15, 0.2) is 17.5 Å². The van der Waals surface area contributed by atoms with Crippen molar-refractivity contribution in [3.05, 3.63) is 41.9 Å². The van der Waals surface area contributed by atoms with Gasteiger partial charge in [-0.3, -0.25) is 9.25 Å². The van der Waals surface area contributed by atoms with E-state index in [0.29, 0.717) is 29.5 Å². The Labute approximate surface area is 118 Å². The minimum Gasteiger partial charge on any atom is -0.276 e. The van der Waals surface area contributed by atoms with Crippen LogP contribution in [0.25, 0.3) is 16.9 Å². The molecule has 2 heterocycles. The molecule has 0 aliphatic carbocycles. The highest BCUT2D eigenvalue weighted by atomic mass is 35.5. The van der Waals surface area contributed by atoms with Crippen molar-refractivity contribution < 1.29 is 8.78 Å². The second-order valence-electron chi connectivity index (χ2n) is 4.38. The molecular weight excluding hydrogens is 286 g/mol. The van der Waals surface area contributed by atoms with Gasteiger partial charge in [0.05, 0.1) is 5.52 Å². The number of benzene rings is 1. The molecule has 0 fully saturated rings. The van der Waals surface area contributed by atoms with Gasteiger partial charge in [-0.05, 0) is 12.1 Å². The van der Waals surface area contributed by atoms with E-state index in [1.165, 1.54) is 10.6 Å². The maximum atomic E-state index is 14.1. The molecule has 4 nitrogen and oxygen atoms in total.